The van der Waals surface area contributed by atoms with Crippen LogP contribution in [0.3, 0.4) is 0 Å². The van der Waals surface area contributed by atoms with Gasteiger partial charge in [-0.2, -0.15) is 10.2 Å². The molecule has 36 heavy (non-hydrogen) atoms. The summed E-state index contributed by atoms with van der Waals surface area (Å²) in [5.41, 5.74) is 10.0. The highest BCUT2D eigenvalue weighted by atomic mass is 35.5. The third-order valence-electron chi connectivity index (χ3n) is 7.12. The number of aryl methyl sites for hydroxylation is 1. The number of nitrogens with zero attached hydrogens (tertiary/aromatic N) is 8. The Bertz CT molecular complexity index is 1420. The Morgan fingerprint density at radius 3 is 2.81 bits per heavy atom. The number of nitrogens with two attached hydrogens (primary N) is 1. The first-order valence-electron chi connectivity index (χ1n) is 12.3. The molecule has 11 heteroatoms. The number of benzene rings is 1. The van der Waals surface area contributed by atoms with Crippen molar-refractivity contribution in [1.82, 2.24) is 34.3 Å². The SMILES string of the molecule is Cc1cn2nc(C3CCCCN3C(=O)c3ccc(-n4cncn4)cc3Cl)cc2nc1N1CCC(N)C1. The number of carbonyl (C=O) groups is 1. The summed E-state index contributed by atoms with van der Waals surface area (Å²) in [4.78, 5) is 26.7. The zero-order valence-corrected chi connectivity index (χ0v) is 20.8. The van der Waals surface area contributed by atoms with Crippen LogP contribution in [0.15, 0.2) is 43.1 Å². The zero-order chi connectivity index (χ0) is 24.8. The lowest BCUT2D eigenvalue weighted by molar-refractivity contribution is 0.0606. The summed E-state index contributed by atoms with van der Waals surface area (Å²) in [6.45, 7) is 4.43. The number of hydrogen-bond acceptors (Lipinski definition) is 7. The normalized spacial score (nSPS) is 20.4. The number of likely N-dealkylation sites (tertiary alicyclic amines) is 1. The van der Waals surface area contributed by atoms with E-state index in [1.165, 1.54) is 6.33 Å². The quantitative estimate of drug-likeness (QED) is 0.453. The minimum Gasteiger partial charge on any atom is -0.355 e. The Labute approximate surface area is 213 Å². The van der Waals surface area contributed by atoms with Gasteiger partial charge in [-0.05, 0) is 50.8 Å². The van der Waals surface area contributed by atoms with Gasteiger partial charge in [0, 0.05) is 43.5 Å². The number of anilines is 1. The van der Waals surface area contributed by atoms with E-state index in [0.717, 1.165) is 67.2 Å². The Hall–Kier alpha value is -3.50. The van der Waals surface area contributed by atoms with Crippen LogP contribution in [0.1, 0.15) is 53.3 Å². The predicted octanol–water partition coefficient (Wildman–Crippen LogP) is 3.18. The molecule has 6 rings (SSSR count). The van der Waals surface area contributed by atoms with Gasteiger partial charge in [0.05, 0.1) is 28.0 Å². The second-order valence-electron chi connectivity index (χ2n) is 9.63. The molecule has 2 aliphatic rings. The number of rotatable bonds is 4. The third kappa shape index (κ3) is 4.10. The average molecular weight is 506 g/mol. The highest BCUT2D eigenvalue weighted by molar-refractivity contribution is 6.34. The third-order valence-corrected chi connectivity index (χ3v) is 7.43. The van der Waals surface area contributed by atoms with Crippen LogP contribution in [0, 0.1) is 6.92 Å². The maximum absolute atomic E-state index is 13.7. The molecule has 0 aliphatic carbocycles. The number of halogens is 1. The van der Waals surface area contributed by atoms with Crippen molar-refractivity contribution in [2.75, 3.05) is 24.5 Å². The number of fused-ring (bicyclic) bond motifs is 1. The summed E-state index contributed by atoms with van der Waals surface area (Å²) < 4.78 is 3.43. The molecule has 2 unspecified atom stereocenters. The van der Waals surface area contributed by atoms with E-state index in [2.05, 4.69) is 15.0 Å². The van der Waals surface area contributed by atoms with E-state index in [1.807, 2.05) is 34.7 Å². The van der Waals surface area contributed by atoms with Crippen LogP contribution < -0.4 is 10.6 Å². The largest absolute Gasteiger partial charge is 0.355 e. The van der Waals surface area contributed by atoms with Gasteiger partial charge < -0.3 is 15.5 Å². The monoisotopic (exact) mass is 505 g/mol. The molecule has 0 spiro atoms. The predicted molar refractivity (Wildman–Crippen MR) is 137 cm³/mol. The van der Waals surface area contributed by atoms with Crippen molar-refractivity contribution in [3.8, 4) is 5.69 Å². The van der Waals surface area contributed by atoms with Crippen LogP contribution >= 0.6 is 11.6 Å². The molecule has 5 heterocycles. The fourth-order valence-electron chi connectivity index (χ4n) is 5.28. The van der Waals surface area contributed by atoms with Crippen LogP contribution in [0.4, 0.5) is 5.82 Å². The van der Waals surface area contributed by atoms with Crippen molar-refractivity contribution in [1.29, 1.82) is 0 Å². The number of amides is 1. The molecule has 1 amide bonds. The highest BCUT2D eigenvalue weighted by Gasteiger charge is 2.32. The van der Waals surface area contributed by atoms with Crippen molar-refractivity contribution >= 4 is 29.0 Å². The molecule has 0 radical (unpaired) electrons. The molecule has 2 aliphatic heterocycles. The second-order valence-corrected chi connectivity index (χ2v) is 10.0. The van der Waals surface area contributed by atoms with Gasteiger partial charge in [-0.25, -0.2) is 19.2 Å². The van der Waals surface area contributed by atoms with Gasteiger partial charge in [-0.3, -0.25) is 4.79 Å². The average Bonchev–Trinajstić information content (AvgIpc) is 3.64. The van der Waals surface area contributed by atoms with E-state index in [1.54, 1.807) is 23.1 Å². The maximum atomic E-state index is 13.7. The molecule has 0 saturated carbocycles. The van der Waals surface area contributed by atoms with Gasteiger partial charge in [0.1, 0.15) is 18.5 Å². The topological polar surface area (TPSA) is 110 Å². The highest BCUT2D eigenvalue weighted by Crippen LogP contribution is 2.34. The van der Waals surface area contributed by atoms with Crippen LogP contribution in [0.25, 0.3) is 11.3 Å². The first kappa shape index (κ1) is 22.9. The van der Waals surface area contributed by atoms with E-state index in [0.29, 0.717) is 17.1 Å². The Kier molecular flexibility index (Phi) is 5.85. The van der Waals surface area contributed by atoms with Crippen LogP contribution in [0.2, 0.25) is 5.02 Å². The molecular weight excluding hydrogens is 478 g/mol. The number of carbonyl (C=O) groups excluding carboxylic acids is 1. The molecule has 2 saturated heterocycles. The van der Waals surface area contributed by atoms with Crippen LogP contribution in [-0.2, 0) is 0 Å². The maximum Gasteiger partial charge on any atom is 0.255 e. The number of piperidine rings is 1. The van der Waals surface area contributed by atoms with Gasteiger partial charge in [0.2, 0.25) is 0 Å². The lowest BCUT2D eigenvalue weighted by Crippen LogP contribution is -2.38. The molecule has 2 fully saturated rings. The van der Waals surface area contributed by atoms with Gasteiger partial charge in [-0.15, -0.1) is 0 Å². The molecule has 3 aromatic heterocycles. The van der Waals surface area contributed by atoms with Gasteiger partial charge in [0.15, 0.2) is 5.65 Å². The molecule has 10 nitrogen and oxygen atoms in total. The molecule has 4 aromatic rings. The molecule has 2 N–H and O–H groups in total. The summed E-state index contributed by atoms with van der Waals surface area (Å²) >= 11 is 6.57. The molecule has 2 atom stereocenters. The Balaban J connectivity index is 1.30. The van der Waals surface area contributed by atoms with Gasteiger partial charge >= 0.3 is 0 Å². The summed E-state index contributed by atoms with van der Waals surface area (Å²) in [7, 11) is 0. The van der Waals surface area contributed by atoms with E-state index in [4.69, 9.17) is 27.4 Å². The first-order chi connectivity index (χ1) is 17.5. The lowest BCUT2D eigenvalue weighted by atomic mass is 9.98. The lowest BCUT2D eigenvalue weighted by Gasteiger charge is -2.35. The number of aromatic nitrogens is 6. The van der Waals surface area contributed by atoms with Crippen LogP contribution in [-0.4, -0.2) is 65.8 Å². The van der Waals surface area contributed by atoms with Crippen LogP contribution in [0.5, 0.6) is 0 Å². The summed E-state index contributed by atoms with van der Waals surface area (Å²) in [5, 5.41) is 9.36. The van der Waals surface area contributed by atoms with Gasteiger partial charge in [-0.1, -0.05) is 11.6 Å². The van der Waals surface area contributed by atoms with Crippen molar-refractivity contribution in [2.24, 2.45) is 5.73 Å². The van der Waals surface area contributed by atoms with Crippen molar-refractivity contribution in [3.63, 3.8) is 0 Å². The zero-order valence-electron chi connectivity index (χ0n) is 20.1. The molecular formula is C25H28ClN9O. The van der Waals surface area contributed by atoms with E-state index in [-0.39, 0.29) is 18.0 Å². The fourth-order valence-corrected chi connectivity index (χ4v) is 5.54. The Morgan fingerprint density at radius 1 is 1.17 bits per heavy atom. The van der Waals surface area contributed by atoms with Crippen molar-refractivity contribution in [2.45, 2.75) is 44.7 Å². The summed E-state index contributed by atoms with van der Waals surface area (Å²) in [6.07, 6.45) is 8.86. The minimum atomic E-state index is -0.136. The standard InChI is InChI=1S/C25H28ClN9O/c1-16-12-34-23(30-24(16)32-9-7-17(27)13-32)11-21(31-34)22-4-2-3-8-33(22)25(36)19-6-5-18(10-20(19)26)35-15-28-14-29-35/h5-6,10-12,14-15,17,22H,2-4,7-9,13,27H2,1H3. The van der Waals surface area contributed by atoms with E-state index in [9.17, 15) is 4.79 Å². The van der Waals surface area contributed by atoms with Gasteiger partial charge in [0.25, 0.3) is 5.91 Å². The molecule has 186 valence electrons. The van der Waals surface area contributed by atoms with Crippen molar-refractivity contribution in [3.05, 3.63) is 65.0 Å². The summed E-state index contributed by atoms with van der Waals surface area (Å²) in [5.74, 6) is 0.862. The Morgan fingerprint density at radius 2 is 2.06 bits per heavy atom. The minimum absolute atomic E-state index is 0.0946. The van der Waals surface area contributed by atoms with E-state index >= 15 is 0 Å². The van der Waals surface area contributed by atoms with E-state index < -0.39 is 0 Å². The molecule has 0 bridgehead atoms. The fraction of sp³-hybridized carbons (Fsp3) is 0.400. The number of hydrogen-bond donors (Lipinski definition) is 1. The smallest absolute Gasteiger partial charge is 0.255 e. The first-order valence-corrected chi connectivity index (χ1v) is 12.7. The van der Waals surface area contributed by atoms with Crippen molar-refractivity contribution < 1.29 is 4.79 Å². The summed E-state index contributed by atoms with van der Waals surface area (Å²) in [6, 6.07) is 7.38. The molecule has 1 aromatic carbocycles. The second kappa shape index (κ2) is 9.18.